The Bertz CT molecular complexity index is 2970. The van der Waals surface area contributed by atoms with Gasteiger partial charge in [-0.25, -0.2) is 9.13 Å². The van der Waals surface area contributed by atoms with Gasteiger partial charge >= 0.3 is 33.6 Å². The molecule has 0 rings (SSSR count). The van der Waals surface area contributed by atoms with Crippen LogP contribution < -0.4 is 0 Å². The van der Waals surface area contributed by atoms with Crippen LogP contribution in [0.25, 0.3) is 0 Å². The van der Waals surface area contributed by atoms with Gasteiger partial charge in [0.1, 0.15) is 25.4 Å². The lowest BCUT2D eigenvalue weighted by molar-refractivity contribution is -0.161. The summed E-state index contributed by atoms with van der Waals surface area (Å²) in [5.74, 6) is -1.65. The average Bonchev–Trinajstić information content (AvgIpc) is 0.902. The summed E-state index contributed by atoms with van der Waals surface area (Å²) in [6.45, 7) is 2.27. The molecule has 0 radical (unpaired) electrons. The molecule has 18 heteroatoms. The van der Waals surface area contributed by atoms with E-state index >= 15 is 0 Å². The molecule has 16 nitrogen and oxygen atoms in total. The zero-order chi connectivity index (χ0) is 83.6. The van der Waals surface area contributed by atoms with E-state index in [1.54, 1.807) is 0 Å². The van der Waals surface area contributed by atoms with E-state index in [9.17, 15) is 43.5 Å². The number of phosphoric acid groups is 2. The molecule has 0 saturated carbocycles. The van der Waals surface area contributed by atoms with Crippen LogP contribution in [0.2, 0.25) is 0 Å². The van der Waals surface area contributed by atoms with Crippen LogP contribution in [-0.4, -0.2) is 95.9 Å². The van der Waals surface area contributed by atoms with Gasteiger partial charge in [-0.1, -0.05) is 342 Å². The molecule has 115 heavy (non-hydrogen) atoms. The molecule has 0 aliphatic rings. The van der Waals surface area contributed by atoms with Crippen LogP contribution in [0.3, 0.4) is 0 Å². The molecule has 0 saturated heterocycles. The molecule has 0 bridgehead atoms. The van der Waals surface area contributed by atoms with E-state index in [1.165, 1.54) is 57.8 Å². The van der Waals surface area contributed by atoms with Crippen LogP contribution >= 0.6 is 15.6 Å². The molecular formula is C97H156O16P2. The molecule has 5 atom stereocenters. The number of rotatable bonds is 81. The van der Waals surface area contributed by atoms with Crippen molar-refractivity contribution in [1.82, 2.24) is 0 Å². The maximum atomic E-state index is 13.0. The Morgan fingerprint density at radius 3 is 0.704 bits per heavy atom. The second-order valence-electron chi connectivity index (χ2n) is 28.5. The Morgan fingerprint density at radius 1 is 0.243 bits per heavy atom. The Morgan fingerprint density at radius 2 is 0.435 bits per heavy atom. The second kappa shape index (κ2) is 87.2. The summed E-state index contributed by atoms with van der Waals surface area (Å²) < 4.78 is 61.3. The number of ether oxygens (including phenoxy) is 3. The Labute approximate surface area is 698 Å². The normalized spacial score (nSPS) is 14.9. The van der Waals surface area contributed by atoms with E-state index in [0.29, 0.717) is 25.7 Å². The van der Waals surface area contributed by atoms with Crippen molar-refractivity contribution in [2.45, 2.75) is 334 Å². The van der Waals surface area contributed by atoms with Gasteiger partial charge in [-0.05, 0) is 173 Å². The molecule has 0 aliphatic carbocycles. The van der Waals surface area contributed by atoms with Gasteiger partial charge < -0.3 is 34.2 Å². The minimum Gasteiger partial charge on any atom is -0.463 e. The summed E-state index contributed by atoms with van der Waals surface area (Å²) in [5, 5.41) is 20.7. The highest BCUT2D eigenvalue weighted by atomic mass is 31.2. The van der Waals surface area contributed by atoms with Crippen LogP contribution in [0.15, 0.2) is 219 Å². The fourth-order valence-electron chi connectivity index (χ4n) is 11.1. The van der Waals surface area contributed by atoms with Crippen molar-refractivity contribution >= 4 is 33.6 Å². The molecule has 0 aliphatic heterocycles. The predicted octanol–water partition coefficient (Wildman–Crippen LogP) is 27.0. The van der Waals surface area contributed by atoms with Crippen LogP contribution in [0.1, 0.15) is 316 Å². The lowest BCUT2D eigenvalue weighted by Crippen LogP contribution is -2.30. The predicted molar refractivity (Wildman–Crippen MR) is 481 cm³/mol. The van der Waals surface area contributed by atoms with Crippen molar-refractivity contribution in [2.24, 2.45) is 0 Å². The number of aliphatic hydroxyl groups excluding tert-OH is 2. The molecular weight excluding hydrogens is 1480 g/mol. The molecule has 0 aromatic carbocycles. The first-order valence-corrected chi connectivity index (χ1v) is 47.0. The van der Waals surface area contributed by atoms with Crippen molar-refractivity contribution in [3.05, 3.63) is 219 Å². The maximum absolute atomic E-state index is 13.0. The standard InChI is InChI=1S/C97H156O16P2/c1-4-7-10-13-16-19-22-25-28-31-34-37-39-41-43-44-45-46-48-50-51-54-56-59-62-65-68-71-74-77-80-83-95(100)107-86-92(98)87-109-114(103,104)110-88-93(99)89-111-115(105,106)112-91-94(113-97(102)85-82-79-76-73-70-67-64-61-58-53-36-33-30-27-24-21-18-15-12-9-6-3)90-108-96(101)84-81-78-75-72-69-66-63-60-57-55-52-49-47-42-40-38-35-32-29-26-23-20-17-14-11-8-5-2/h7-12,16-21,25-30,34-38,41-43,45-47,52-53,55,61,64,70,73,92-94,98-99H,4-6,13-15,22-24,31-33,39-40,44,48-51,54,56-60,62-63,65-69,71-72,74-91H2,1-3H3,(H,103,104)(H,105,106)/b10-7-,11-8-,12-9-,19-16-,20-17-,21-18-,28-25-,29-26-,30-27-,37-34-,38-35-,43-41-,46-45-,47-42-,53-36-,55-52-,64-61-,73-70-. The topological polar surface area (TPSA) is 231 Å². The lowest BCUT2D eigenvalue weighted by atomic mass is 10.0. The third-order valence-electron chi connectivity index (χ3n) is 17.7. The minimum atomic E-state index is -4.96. The highest BCUT2D eigenvalue weighted by Crippen LogP contribution is 2.45. The Hall–Kier alpha value is -6.13. The van der Waals surface area contributed by atoms with E-state index in [1.807, 2.05) is 0 Å². The lowest BCUT2D eigenvalue weighted by Gasteiger charge is -2.21. The monoisotopic (exact) mass is 1640 g/mol. The van der Waals surface area contributed by atoms with Crippen LogP contribution in [0, 0.1) is 0 Å². The number of carbonyl (C=O) groups is 3. The molecule has 0 amide bonds. The van der Waals surface area contributed by atoms with Crippen LogP contribution in [-0.2, 0) is 55.8 Å². The highest BCUT2D eigenvalue weighted by molar-refractivity contribution is 7.47. The quantitative estimate of drug-likeness (QED) is 0.0146. The van der Waals surface area contributed by atoms with Gasteiger partial charge in [-0.2, -0.15) is 0 Å². The third kappa shape index (κ3) is 88.5. The zero-order valence-corrected chi connectivity index (χ0v) is 73.2. The van der Waals surface area contributed by atoms with E-state index in [0.717, 1.165) is 193 Å². The summed E-state index contributed by atoms with van der Waals surface area (Å²) in [4.78, 5) is 58.9. The van der Waals surface area contributed by atoms with Crippen molar-refractivity contribution in [2.75, 3.05) is 39.6 Å². The fourth-order valence-corrected chi connectivity index (χ4v) is 12.7. The molecule has 5 unspecified atom stereocenters. The number of phosphoric ester groups is 2. The van der Waals surface area contributed by atoms with Gasteiger partial charge in [0.2, 0.25) is 0 Å². The average molecular weight is 1640 g/mol. The first-order valence-electron chi connectivity index (χ1n) is 44.0. The van der Waals surface area contributed by atoms with Crippen LogP contribution in [0.5, 0.6) is 0 Å². The number of hydrogen-bond donors (Lipinski definition) is 4. The van der Waals surface area contributed by atoms with Gasteiger partial charge in [0.15, 0.2) is 6.10 Å². The Balaban J connectivity index is 4.68. The molecule has 0 spiro atoms. The molecule has 0 fully saturated rings. The van der Waals surface area contributed by atoms with Gasteiger partial charge in [-0.15, -0.1) is 0 Å². The first-order chi connectivity index (χ1) is 56.2. The summed E-state index contributed by atoms with van der Waals surface area (Å²) in [5.41, 5.74) is 0. The molecule has 0 aromatic heterocycles. The van der Waals surface area contributed by atoms with Crippen molar-refractivity contribution < 1.29 is 75.8 Å². The Kier molecular flexibility index (Phi) is 82.5. The molecule has 4 N–H and O–H groups in total. The van der Waals surface area contributed by atoms with E-state index in [4.69, 9.17) is 32.3 Å². The number of unbranched alkanes of at least 4 members (excludes halogenated alkanes) is 22. The number of aliphatic hydroxyl groups is 2. The van der Waals surface area contributed by atoms with Gasteiger partial charge in [0.25, 0.3) is 0 Å². The molecule has 0 heterocycles. The minimum absolute atomic E-state index is 0.0388. The third-order valence-corrected chi connectivity index (χ3v) is 19.6. The zero-order valence-electron chi connectivity index (χ0n) is 71.4. The summed E-state index contributed by atoms with van der Waals surface area (Å²) in [7, 11) is -9.84. The van der Waals surface area contributed by atoms with E-state index in [2.05, 4.69) is 240 Å². The fraction of sp³-hybridized carbons (Fsp3) is 0.598. The summed E-state index contributed by atoms with van der Waals surface area (Å²) >= 11 is 0. The van der Waals surface area contributed by atoms with Gasteiger partial charge in [0, 0.05) is 19.3 Å². The van der Waals surface area contributed by atoms with Crippen molar-refractivity contribution in [3.8, 4) is 0 Å². The van der Waals surface area contributed by atoms with Crippen LogP contribution in [0.4, 0.5) is 0 Å². The van der Waals surface area contributed by atoms with Crippen molar-refractivity contribution in [3.63, 3.8) is 0 Å². The smallest absolute Gasteiger partial charge is 0.463 e. The summed E-state index contributed by atoms with van der Waals surface area (Å²) in [6, 6.07) is 0. The number of carbonyl (C=O) groups excluding carboxylic acids is 3. The van der Waals surface area contributed by atoms with Gasteiger partial charge in [0.05, 0.1) is 26.4 Å². The summed E-state index contributed by atoms with van der Waals surface area (Å²) in [6.07, 6.45) is 118. The number of allylic oxidation sites excluding steroid dienone is 36. The SMILES string of the molecule is CC/C=C\C/C=C\C/C=C\C/C=C\C/C=C\C/C=C\CCCCCCCCCCCCCCC(=O)OCC(O)COP(=O)(O)OCC(O)COP(=O)(O)OCC(COC(=O)CCCCCCCCCC/C=C\C/C=C\C/C=C\C/C=C\C/C=C\C/C=C\CC)OC(=O)CCCC/C=C\C/C=C\C/C=C\C/C=C\C/C=C\C/C=C\CC. The molecule has 650 valence electrons. The van der Waals surface area contributed by atoms with E-state index in [-0.39, 0.29) is 19.3 Å². The first kappa shape index (κ1) is 109. The second-order valence-corrected chi connectivity index (χ2v) is 31.5. The highest BCUT2D eigenvalue weighted by Gasteiger charge is 2.29. The van der Waals surface area contributed by atoms with Crippen molar-refractivity contribution in [1.29, 1.82) is 0 Å². The number of hydrogen-bond acceptors (Lipinski definition) is 14. The van der Waals surface area contributed by atoms with E-state index < -0.39 is 91.5 Å². The number of esters is 3. The van der Waals surface area contributed by atoms with Gasteiger partial charge in [-0.3, -0.25) is 32.5 Å². The largest absolute Gasteiger partial charge is 0.472 e. The molecule has 0 aromatic rings. The maximum Gasteiger partial charge on any atom is 0.472 e.